The van der Waals surface area contributed by atoms with E-state index in [1.54, 1.807) is 42.5 Å². The lowest BCUT2D eigenvalue weighted by Gasteiger charge is -2.19. The van der Waals surface area contributed by atoms with Gasteiger partial charge in [-0.05, 0) is 39.4 Å². The fraction of sp³-hybridized carbons (Fsp3) is 0.133. The summed E-state index contributed by atoms with van der Waals surface area (Å²) in [6.07, 6.45) is -0.836. The van der Waals surface area contributed by atoms with Gasteiger partial charge in [0.2, 0.25) is 0 Å². The maximum atomic E-state index is 14.4. The number of hydrogen-bond acceptors (Lipinski definition) is 3. The van der Waals surface area contributed by atoms with E-state index in [2.05, 4.69) is 5.32 Å². The number of carboxylic acid groups (broad SMARTS) is 1. The van der Waals surface area contributed by atoms with Crippen molar-refractivity contribution in [3.63, 3.8) is 0 Å². The van der Waals surface area contributed by atoms with Gasteiger partial charge in [-0.2, -0.15) is 0 Å². The number of alkyl carbamates (subject to hydrolysis) is 1. The van der Waals surface area contributed by atoms with E-state index in [0.29, 0.717) is 16.7 Å². The van der Waals surface area contributed by atoms with Crippen molar-refractivity contribution in [1.82, 2.24) is 5.32 Å². The summed E-state index contributed by atoms with van der Waals surface area (Å²) >= 11 is 0. The van der Waals surface area contributed by atoms with Crippen LogP contribution in [0.1, 0.15) is 22.6 Å². The highest BCUT2D eigenvalue weighted by molar-refractivity contribution is 5.82. The molecule has 1 aliphatic rings. The molecule has 36 heavy (non-hydrogen) atoms. The van der Waals surface area contributed by atoms with E-state index in [1.807, 2.05) is 48.5 Å². The Morgan fingerprint density at radius 2 is 1.31 bits per heavy atom. The Labute approximate surface area is 208 Å². The molecule has 5 nitrogen and oxygen atoms in total. The fourth-order valence-corrected chi connectivity index (χ4v) is 4.84. The van der Waals surface area contributed by atoms with E-state index < -0.39 is 23.9 Å². The van der Waals surface area contributed by atoms with Crippen LogP contribution in [0.5, 0.6) is 0 Å². The molecule has 4 aromatic rings. The number of carboxylic acids is 1. The molecule has 0 radical (unpaired) electrons. The zero-order chi connectivity index (χ0) is 25.1. The third-order valence-corrected chi connectivity index (χ3v) is 6.54. The number of carbonyl (C=O) groups is 2. The molecule has 0 aromatic heterocycles. The molecule has 1 atom stereocenters. The predicted octanol–water partition coefficient (Wildman–Crippen LogP) is 6.03. The first-order valence-electron chi connectivity index (χ1n) is 11.7. The number of ether oxygens (including phenoxy) is 1. The molecule has 0 aliphatic heterocycles. The lowest BCUT2D eigenvalue weighted by atomic mass is 9.95. The van der Waals surface area contributed by atoms with Crippen LogP contribution in [0.4, 0.5) is 9.18 Å². The number of benzene rings is 4. The minimum absolute atomic E-state index is 0.0238. The third-order valence-electron chi connectivity index (χ3n) is 6.54. The number of rotatable bonds is 7. The van der Waals surface area contributed by atoms with E-state index >= 15 is 0 Å². The van der Waals surface area contributed by atoms with Gasteiger partial charge in [-0.3, -0.25) is 0 Å². The molecular weight excluding hydrogens is 457 g/mol. The van der Waals surface area contributed by atoms with E-state index in [4.69, 9.17) is 4.74 Å². The zero-order valence-electron chi connectivity index (χ0n) is 19.4. The van der Waals surface area contributed by atoms with Crippen molar-refractivity contribution in [3.05, 3.63) is 120 Å². The van der Waals surface area contributed by atoms with Crippen molar-refractivity contribution in [1.29, 1.82) is 0 Å². The van der Waals surface area contributed by atoms with Gasteiger partial charge in [0.25, 0.3) is 0 Å². The SMILES string of the molecule is O=C(NC(Cc1ccccc1-c1ccccc1F)C(=O)O)OCC1c2ccccc2-c2ccccc21. The molecule has 0 bridgehead atoms. The molecule has 1 amide bonds. The summed E-state index contributed by atoms with van der Waals surface area (Å²) in [6.45, 7) is 0.0814. The largest absolute Gasteiger partial charge is 0.480 e. The average Bonchev–Trinajstić information content (AvgIpc) is 3.21. The monoisotopic (exact) mass is 481 g/mol. The minimum atomic E-state index is -1.24. The van der Waals surface area contributed by atoms with Gasteiger partial charge in [-0.1, -0.05) is 91.0 Å². The predicted molar refractivity (Wildman–Crippen MR) is 135 cm³/mol. The highest BCUT2D eigenvalue weighted by Gasteiger charge is 2.30. The maximum absolute atomic E-state index is 14.4. The van der Waals surface area contributed by atoms with Gasteiger partial charge in [0, 0.05) is 17.9 Å². The average molecular weight is 482 g/mol. The number of halogens is 1. The van der Waals surface area contributed by atoms with Crippen LogP contribution in [0.25, 0.3) is 22.3 Å². The molecule has 0 fully saturated rings. The summed E-state index contributed by atoms with van der Waals surface area (Å²) in [4.78, 5) is 24.7. The van der Waals surface area contributed by atoms with Gasteiger partial charge in [0.05, 0.1) is 0 Å². The van der Waals surface area contributed by atoms with Gasteiger partial charge in [0.1, 0.15) is 18.5 Å². The number of fused-ring (bicyclic) bond motifs is 3. The molecule has 6 heteroatoms. The molecule has 0 heterocycles. The second kappa shape index (κ2) is 10.0. The molecule has 5 rings (SSSR count). The molecule has 1 unspecified atom stereocenters. The summed E-state index contributed by atoms with van der Waals surface area (Å²) < 4.78 is 19.9. The van der Waals surface area contributed by atoms with Crippen molar-refractivity contribution < 1.29 is 23.8 Å². The summed E-state index contributed by atoms with van der Waals surface area (Å²) in [6, 6.07) is 28.0. The molecule has 180 valence electrons. The third kappa shape index (κ3) is 4.58. The van der Waals surface area contributed by atoms with Gasteiger partial charge in [-0.15, -0.1) is 0 Å². The minimum Gasteiger partial charge on any atom is -0.480 e. The smallest absolute Gasteiger partial charge is 0.407 e. The topological polar surface area (TPSA) is 75.6 Å². The van der Waals surface area contributed by atoms with Gasteiger partial charge < -0.3 is 15.2 Å². The van der Waals surface area contributed by atoms with Crippen LogP contribution in [0.3, 0.4) is 0 Å². The molecule has 0 saturated carbocycles. The highest BCUT2D eigenvalue weighted by Crippen LogP contribution is 2.44. The number of nitrogens with one attached hydrogen (secondary N) is 1. The number of aliphatic carboxylic acids is 1. The molecule has 0 saturated heterocycles. The summed E-state index contributed by atoms with van der Waals surface area (Å²) in [7, 11) is 0. The van der Waals surface area contributed by atoms with Crippen molar-refractivity contribution in [2.24, 2.45) is 0 Å². The Morgan fingerprint density at radius 1 is 0.778 bits per heavy atom. The van der Waals surface area contributed by atoms with Crippen LogP contribution in [-0.2, 0) is 16.0 Å². The van der Waals surface area contributed by atoms with Crippen LogP contribution in [-0.4, -0.2) is 29.8 Å². The van der Waals surface area contributed by atoms with E-state index in [-0.39, 0.29) is 18.9 Å². The summed E-state index contributed by atoms with van der Waals surface area (Å²) in [5.74, 6) is -1.73. The quantitative estimate of drug-likeness (QED) is 0.338. The van der Waals surface area contributed by atoms with Crippen LogP contribution in [0.2, 0.25) is 0 Å². The van der Waals surface area contributed by atoms with Crippen LogP contribution >= 0.6 is 0 Å². The first kappa shape index (κ1) is 23.3. The Hall–Kier alpha value is -4.45. The van der Waals surface area contributed by atoms with Crippen molar-refractivity contribution >= 4 is 12.1 Å². The van der Waals surface area contributed by atoms with E-state index in [1.165, 1.54) is 6.07 Å². The van der Waals surface area contributed by atoms with Gasteiger partial charge >= 0.3 is 12.1 Å². The van der Waals surface area contributed by atoms with Crippen LogP contribution in [0, 0.1) is 5.82 Å². The van der Waals surface area contributed by atoms with Crippen molar-refractivity contribution in [3.8, 4) is 22.3 Å². The highest BCUT2D eigenvalue weighted by atomic mass is 19.1. The lowest BCUT2D eigenvalue weighted by Crippen LogP contribution is -2.43. The van der Waals surface area contributed by atoms with Gasteiger partial charge in [0.15, 0.2) is 0 Å². The number of hydrogen-bond donors (Lipinski definition) is 2. The number of amides is 1. The number of carbonyl (C=O) groups excluding carboxylic acids is 1. The molecule has 1 aliphatic carbocycles. The van der Waals surface area contributed by atoms with Crippen molar-refractivity contribution in [2.45, 2.75) is 18.4 Å². The Kier molecular flexibility index (Phi) is 6.50. The zero-order valence-corrected chi connectivity index (χ0v) is 19.4. The summed E-state index contributed by atoms with van der Waals surface area (Å²) in [5, 5.41) is 12.3. The van der Waals surface area contributed by atoms with Gasteiger partial charge in [-0.25, -0.2) is 14.0 Å². The Morgan fingerprint density at radius 3 is 1.92 bits per heavy atom. The molecule has 0 spiro atoms. The fourth-order valence-electron chi connectivity index (χ4n) is 4.84. The first-order chi connectivity index (χ1) is 17.5. The molecule has 4 aromatic carbocycles. The Bertz CT molecular complexity index is 1390. The van der Waals surface area contributed by atoms with Crippen LogP contribution < -0.4 is 5.32 Å². The van der Waals surface area contributed by atoms with E-state index in [0.717, 1.165) is 22.3 Å². The maximum Gasteiger partial charge on any atom is 0.407 e. The Balaban J connectivity index is 1.30. The standard InChI is InChI=1S/C30H24FNO4/c31-27-16-8-7-15-25(27)20-10-2-1-9-19(20)17-28(29(33)34)32-30(35)36-18-26-23-13-5-3-11-21(23)22-12-4-6-14-24(22)26/h1-16,26,28H,17-18H2,(H,32,35)(H,33,34). The van der Waals surface area contributed by atoms with E-state index in [9.17, 15) is 19.1 Å². The summed E-state index contributed by atoms with van der Waals surface area (Å²) in [5.41, 5.74) is 5.91. The van der Waals surface area contributed by atoms with Crippen molar-refractivity contribution in [2.75, 3.05) is 6.61 Å². The normalized spacial score (nSPS) is 12.9. The second-order valence-electron chi connectivity index (χ2n) is 8.70. The second-order valence-corrected chi connectivity index (χ2v) is 8.70. The lowest BCUT2D eigenvalue weighted by molar-refractivity contribution is -0.139. The van der Waals surface area contributed by atoms with Crippen LogP contribution in [0.15, 0.2) is 97.1 Å². The molecular formula is C30H24FNO4. The molecule has 2 N–H and O–H groups in total. The first-order valence-corrected chi connectivity index (χ1v) is 11.7.